The Morgan fingerprint density at radius 1 is 0.640 bits per heavy atom. The zero-order valence-corrected chi connectivity index (χ0v) is 15.5. The highest BCUT2D eigenvalue weighted by Gasteiger charge is 2.25. The number of nitrogens with zero attached hydrogens (tertiary/aromatic N) is 2. The first kappa shape index (κ1) is 18.1. The largest absolute Gasteiger partial charge is 0.335 e. The molecule has 130 valence electrons. The van der Waals surface area contributed by atoms with Gasteiger partial charge in [0.15, 0.2) is 0 Å². The maximum atomic E-state index is 12.6. The Morgan fingerprint density at radius 2 is 1.08 bits per heavy atom. The average molecular weight is 398 g/mol. The molecule has 1 fully saturated rings. The minimum Gasteiger partial charge on any atom is -0.335 e. The van der Waals surface area contributed by atoms with Gasteiger partial charge in [0.25, 0.3) is 11.8 Å². The van der Waals surface area contributed by atoms with E-state index < -0.39 is 0 Å². The van der Waals surface area contributed by atoms with Crippen LogP contribution in [0.3, 0.4) is 0 Å². The van der Waals surface area contributed by atoms with E-state index in [9.17, 15) is 9.59 Å². The third-order valence-corrected chi connectivity index (χ3v) is 4.74. The molecule has 0 unspecified atom stereocenters. The van der Waals surface area contributed by atoms with Gasteiger partial charge < -0.3 is 9.80 Å². The van der Waals surface area contributed by atoms with E-state index in [4.69, 9.17) is 34.8 Å². The Balaban J connectivity index is 1.64. The number of piperazine rings is 1. The van der Waals surface area contributed by atoms with Gasteiger partial charge >= 0.3 is 0 Å². The molecule has 0 spiro atoms. The van der Waals surface area contributed by atoms with E-state index in [-0.39, 0.29) is 11.8 Å². The molecule has 0 bridgehead atoms. The van der Waals surface area contributed by atoms with Crippen LogP contribution in [-0.4, -0.2) is 47.8 Å². The summed E-state index contributed by atoms with van der Waals surface area (Å²) in [6.45, 7) is 1.87. The fraction of sp³-hybridized carbons (Fsp3) is 0.222. The SMILES string of the molecule is O=C(c1ccc(Cl)cc1)N1CCN(C(=O)c2cc(Cl)cc(Cl)c2)CC1. The Bertz CT molecular complexity index is 780. The molecular formula is C18H15Cl3N2O2. The molecule has 0 atom stereocenters. The van der Waals surface area contributed by atoms with Crippen molar-refractivity contribution in [2.75, 3.05) is 26.2 Å². The first-order valence-corrected chi connectivity index (χ1v) is 8.87. The van der Waals surface area contributed by atoms with Crippen LogP contribution in [0, 0.1) is 0 Å². The van der Waals surface area contributed by atoms with Crippen LogP contribution in [0.1, 0.15) is 20.7 Å². The van der Waals surface area contributed by atoms with Crippen LogP contribution in [0.15, 0.2) is 42.5 Å². The molecule has 25 heavy (non-hydrogen) atoms. The molecule has 4 nitrogen and oxygen atoms in total. The van der Waals surface area contributed by atoms with Gasteiger partial charge in [-0.2, -0.15) is 0 Å². The predicted octanol–water partition coefficient (Wildman–Crippen LogP) is 4.25. The van der Waals surface area contributed by atoms with E-state index in [2.05, 4.69) is 0 Å². The molecule has 0 saturated carbocycles. The summed E-state index contributed by atoms with van der Waals surface area (Å²) in [5.41, 5.74) is 1.04. The summed E-state index contributed by atoms with van der Waals surface area (Å²) in [5, 5.41) is 1.44. The number of rotatable bonds is 2. The smallest absolute Gasteiger partial charge is 0.254 e. The van der Waals surface area contributed by atoms with Gasteiger partial charge in [-0.05, 0) is 42.5 Å². The number of amides is 2. The summed E-state index contributed by atoms with van der Waals surface area (Å²) in [4.78, 5) is 28.5. The summed E-state index contributed by atoms with van der Waals surface area (Å²) in [7, 11) is 0. The van der Waals surface area contributed by atoms with Gasteiger partial charge in [-0.3, -0.25) is 9.59 Å². The molecule has 1 heterocycles. The molecule has 0 radical (unpaired) electrons. The number of hydrogen-bond acceptors (Lipinski definition) is 2. The summed E-state index contributed by atoms with van der Waals surface area (Å²) in [5.74, 6) is -0.197. The van der Waals surface area contributed by atoms with Crippen molar-refractivity contribution in [3.8, 4) is 0 Å². The molecule has 3 rings (SSSR count). The molecule has 2 aromatic carbocycles. The lowest BCUT2D eigenvalue weighted by Crippen LogP contribution is -2.50. The molecule has 0 N–H and O–H groups in total. The maximum absolute atomic E-state index is 12.6. The van der Waals surface area contributed by atoms with Gasteiger partial charge in [0.2, 0.25) is 0 Å². The first-order chi connectivity index (χ1) is 11.9. The highest BCUT2D eigenvalue weighted by molar-refractivity contribution is 6.35. The molecule has 0 aliphatic carbocycles. The predicted molar refractivity (Wildman–Crippen MR) is 99.7 cm³/mol. The van der Waals surface area contributed by atoms with Crippen molar-refractivity contribution in [2.45, 2.75) is 0 Å². The summed E-state index contributed by atoms with van der Waals surface area (Å²) < 4.78 is 0. The van der Waals surface area contributed by atoms with Crippen LogP contribution in [-0.2, 0) is 0 Å². The number of hydrogen-bond donors (Lipinski definition) is 0. The second-order valence-corrected chi connectivity index (χ2v) is 7.06. The zero-order valence-electron chi connectivity index (χ0n) is 13.2. The lowest BCUT2D eigenvalue weighted by Gasteiger charge is -2.35. The van der Waals surface area contributed by atoms with Crippen molar-refractivity contribution in [1.82, 2.24) is 9.80 Å². The minimum absolute atomic E-state index is 0.0606. The Hall–Kier alpha value is -1.75. The second-order valence-electron chi connectivity index (χ2n) is 5.75. The average Bonchev–Trinajstić information content (AvgIpc) is 2.60. The van der Waals surface area contributed by atoms with E-state index >= 15 is 0 Å². The molecule has 2 aromatic rings. The van der Waals surface area contributed by atoms with Crippen molar-refractivity contribution >= 4 is 46.6 Å². The summed E-state index contributed by atoms with van der Waals surface area (Å²) >= 11 is 17.8. The number of carbonyl (C=O) groups is 2. The molecule has 7 heteroatoms. The third kappa shape index (κ3) is 4.27. The number of carbonyl (C=O) groups excluding carboxylic acids is 2. The standard InChI is InChI=1S/C18H15Cl3N2O2/c19-14-3-1-12(2-4-14)17(24)22-5-7-23(8-6-22)18(25)13-9-15(20)11-16(21)10-13/h1-4,9-11H,5-8H2. The Kier molecular flexibility index (Phi) is 5.52. The molecule has 1 aliphatic heterocycles. The zero-order chi connectivity index (χ0) is 18.0. The summed E-state index contributed by atoms with van der Waals surface area (Å²) in [6.07, 6.45) is 0. The summed E-state index contributed by atoms with van der Waals surface area (Å²) in [6, 6.07) is 11.6. The van der Waals surface area contributed by atoms with Crippen LogP contribution in [0.5, 0.6) is 0 Å². The number of halogens is 3. The fourth-order valence-electron chi connectivity index (χ4n) is 2.75. The lowest BCUT2D eigenvalue weighted by molar-refractivity contribution is 0.0535. The van der Waals surface area contributed by atoms with Gasteiger partial charge in [-0.25, -0.2) is 0 Å². The quantitative estimate of drug-likeness (QED) is 0.760. The van der Waals surface area contributed by atoms with Crippen LogP contribution in [0.25, 0.3) is 0 Å². The van der Waals surface area contributed by atoms with Gasteiger partial charge in [-0.15, -0.1) is 0 Å². The Labute approximate surface area is 160 Å². The van der Waals surface area contributed by atoms with Gasteiger partial charge in [0.1, 0.15) is 0 Å². The molecular weight excluding hydrogens is 383 g/mol. The normalized spacial score (nSPS) is 14.5. The highest BCUT2D eigenvalue weighted by Crippen LogP contribution is 2.21. The van der Waals surface area contributed by atoms with Crippen molar-refractivity contribution in [1.29, 1.82) is 0 Å². The third-order valence-electron chi connectivity index (χ3n) is 4.05. The highest BCUT2D eigenvalue weighted by atomic mass is 35.5. The van der Waals surface area contributed by atoms with Crippen LogP contribution >= 0.6 is 34.8 Å². The van der Waals surface area contributed by atoms with Gasteiger partial charge in [0, 0.05) is 52.4 Å². The molecule has 2 amide bonds. The van der Waals surface area contributed by atoms with E-state index in [1.54, 1.807) is 52.3 Å². The van der Waals surface area contributed by atoms with Crippen LogP contribution < -0.4 is 0 Å². The fourth-order valence-corrected chi connectivity index (χ4v) is 3.40. The van der Waals surface area contributed by atoms with Crippen molar-refractivity contribution in [3.05, 3.63) is 68.7 Å². The van der Waals surface area contributed by atoms with Crippen LogP contribution in [0.4, 0.5) is 0 Å². The van der Waals surface area contributed by atoms with E-state index in [0.29, 0.717) is 52.4 Å². The minimum atomic E-state index is -0.136. The Morgan fingerprint density at radius 3 is 1.56 bits per heavy atom. The van der Waals surface area contributed by atoms with Gasteiger partial charge in [-0.1, -0.05) is 34.8 Å². The van der Waals surface area contributed by atoms with E-state index in [0.717, 1.165) is 0 Å². The van der Waals surface area contributed by atoms with Gasteiger partial charge in [0.05, 0.1) is 0 Å². The first-order valence-electron chi connectivity index (χ1n) is 7.74. The van der Waals surface area contributed by atoms with Crippen LogP contribution in [0.2, 0.25) is 15.1 Å². The van der Waals surface area contributed by atoms with E-state index in [1.165, 1.54) is 0 Å². The molecule has 1 aliphatic rings. The number of benzene rings is 2. The molecule has 1 saturated heterocycles. The van der Waals surface area contributed by atoms with Crippen molar-refractivity contribution in [3.63, 3.8) is 0 Å². The monoisotopic (exact) mass is 396 g/mol. The lowest BCUT2D eigenvalue weighted by atomic mass is 10.1. The van der Waals surface area contributed by atoms with E-state index in [1.807, 2.05) is 0 Å². The van der Waals surface area contributed by atoms with Crippen molar-refractivity contribution < 1.29 is 9.59 Å². The topological polar surface area (TPSA) is 40.6 Å². The van der Waals surface area contributed by atoms with Crippen molar-refractivity contribution in [2.24, 2.45) is 0 Å². The second kappa shape index (κ2) is 7.65. The maximum Gasteiger partial charge on any atom is 0.254 e. The molecule has 0 aromatic heterocycles.